The molecule has 17 heavy (non-hydrogen) atoms. The molecule has 1 heterocycles. The lowest BCUT2D eigenvalue weighted by Crippen LogP contribution is -2.22. The molecule has 0 atom stereocenters. The van der Waals surface area contributed by atoms with Crippen molar-refractivity contribution in [2.45, 2.75) is 0 Å². The van der Waals surface area contributed by atoms with Crippen molar-refractivity contribution in [3.05, 3.63) is 34.7 Å². The van der Waals surface area contributed by atoms with Crippen molar-refractivity contribution in [2.75, 3.05) is 0 Å². The number of carboxylic acids is 2. The molecule has 1 aromatic rings. The fraction of sp³-hybridized carbons (Fsp3) is 0. The van der Waals surface area contributed by atoms with Crippen molar-refractivity contribution >= 4 is 30.8 Å². The van der Waals surface area contributed by atoms with Gasteiger partial charge in [-0.25, -0.2) is 14.6 Å². The van der Waals surface area contributed by atoms with E-state index in [9.17, 15) is 0 Å². The number of ether oxygens (including phenoxy) is 1. The summed E-state index contributed by atoms with van der Waals surface area (Å²) in [5.74, 6) is -3.65. The van der Waals surface area contributed by atoms with Crippen LogP contribution in [0.5, 0.6) is 0 Å². The molecule has 0 radical (unpaired) electrons. The van der Waals surface area contributed by atoms with Crippen molar-refractivity contribution < 1.29 is 24.5 Å². The molecule has 0 aliphatic carbocycles. The summed E-state index contributed by atoms with van der Waals surface area (Å²) in [6, 6.07) is 7.93. The quantitative estimate of drug-likeness (QED) is 0.584. The summed E-state index contributed by atoms with van der Waals surface area (Å²) >= 11 is 0. The lowest BCUT2D eigenvalue weighted by molar-refractivity contribution is -0.159. The Morgan fingerprint density at radius 3 is 2.24 bits per heavy atom. The first-order valence-corrected chi connectivity index (χ1v) is 4.50. The Kier molecular flexibility index (Phi) is 4.44. The second-order valence-electron chi connectivity index (χ2n) is 2.88. The van der Waals surface area contributed by atoms with Gasteiger partial charge in [0, 0.05) is 16.6 Å². The monoisotopic (exact) mass is 235 g/mol. The van der Waals surface area contributed by atoms with Crippen molar-refractivity contribution in [2.24, 2.45) is 4.99 Å². The number of hydrogen-bond donors (Lipinski definition) is 2. The summed E-state index contributed by atoms with van der Waals surface area (Å²) in [6.45, 7) is 0. The van der Waals surface area contributed by atoms with E-state index >= 15 is 0 Å². The molecule has 6 nitrogen and oxygen atoms in total. The number of benzene rings is 1. The molecule has 0 saturated heterocycles. The van der Waals surface area contributed by atoms with E-state index in [1.807, 2.05) is 24.3 Å². The number of carbonyl (C=O) groups is 2. The van der Waals surface area contributed by atoms with E-state index in [4.69, 9.17) is 24.5 Å². The highest BCUT2D eigenvalue weighted by atomic mass is 16.5. The van der Waals surface area contributed by atoms with Crippen LogP contribution >= 0.6 is 0 Å². The number of aliphatic carboxylic acids is 2. The zero-order valence-corrected chi connectivity index (χ0v) is 8.61. The lowest BCUT2D eigenvalue weighted by Gasteiger charge is -1.85. The standard InChI is InChI=1S/C9H7NO.C2H2O4/c1-2-4-9-6-11-7-10-5-8(9)3-1;3-1(4)2(5)6/h1-7H;(H,3,4)(H,5,6). The Hall–Kier alpha value is -2.63. The summed E-state index contributed by atoms with van der Waals surface area (Å²) in [5, 5.41) is 16.9. The highest BCUT2D eigenvalue weighted by Crippen LogP contribution is 1.79. The van der Waals surface area contributed by atoms with Gasteiger partial charge in [0.1, 0.15) is 6.26 Å². The molecule has 0 saturated carbocycles. The van der Waals surface area contributed by atoms with Gasteiger partial charge in [-0.3, -0.25) is 0 Å². The Balaban J connectivity index is 0.000000209. The van der Waals surface area contributed by atoms with Crippen LogP contribution in [0.4, 0.5) is 0 Å². The van der Waals surface area contributed by atoms with Gasteiger partial charge in [0.25, 0.3) is 0 Å². The van der Waals surface area contributed by atoms with Crippen LogP contribution in [-0.2, 0) is 14.3 Å². The number of fused-ring (bicyclic) bond motifs is 1. The van der Waals surface area contributed by atoms with E-state index in [0.29, 0.717) is 0 Å². The highest BCUT2D eigenvalue weighted by Gasteiger charge is 2.04. The molecule has 0 amide bonds. The van der Waals surface area contributed by atoms with Crippen LogP contribution in [0.1, 0.15) is 0 Å². The predicted molar refractivity (Wildman–Crippen MR) is 59.5 cm³/mol. The molecule has 0 bridgehead atoms. The molecule has 0 spiro atoms. The summed E-state index contributed by atoms with van der Waals surface area (Å²) < 4.78 is 4.97. The van der Waals surface area contributed by atoms with E-state index in [2.05, 4.69) is 4.99 Å². The molecule has 0 unspecified atom stereocenters. The largest absolute Gasteiger partial charge is 0.473 e. The third-order valence-corrected chi connectivity index (χ3v) is 1.71. The molecule has 1 aromatic carbocycles. The predicted octanol–water partition coefficient (Wildman–Crippen LogP) is -0.623. The van der Waals surface area contributed by atoms with Crippen LogP contribution in [0.25, 0.3) is 12.5 Å². The van der Waals surface area contributed by atoms with E-state index < -0.39 is 11.9 Å². The third-order valence-electron chi connectivity index (χ3n) is 1.71. The average Bonchev–Trinajstić information content (AvgIpc) is 2.54. The van der Waals surface area contributed by atoms with Crippen LogP contribution in [0.15, 0.2) is 29.3 Å². The molecule has 88 valence electrons. The van der Waals surface area contributed by atoms with Crippen LogP contribution in [0.3, 0.4) is 0 Å². The average molecular weight is 235 g/mol. The van der Waals surface area contributed by atoms with Crippen LogP contribution in [0, 0.1) is 0 Å². The topological polar surface area (TPSA) is 96.2 Å². The zero-order valence-electron chi connectivity index (χ0n) is 8.61. The van der Waals surface area contributed by atoms with E-state index in [1.165, 1.54) is 6.40 Å². The van der Waals surface area contributed by atoms with Crippen molar-refractivity contribution in [3.8, 4) is 0 Å². The molecule has 2 rings (SSSR count). The first kappa shape index (κ1) is 12.4. The second-order valence-corrected chi connectivity index (χ2v) is 2.88. The molecule has 1 aliphatic heterocycles. The molecular formula is C11H9NO5. The highest BCUT2D eigenvalue weighted by molar-refractivity contribution is 6.27. The first-order valence-electron chi connectivity index (χ1n) is 4.50. The van der Waals surface area contributed by atoms with E-state index in [-0.39, 0.29) is 0 Å². The number of rotatable bonds is 0. The summed E-state index contributed by atoms with van der Waals surface area (Å²) in [5.41, 5.74) is 0. The Morgan fingerprint density at radius 2 is 1.65 bits per heavy atom. The van der Waals surface area contributed by atoms with Gasteiger partial charge in [-0.05, 0) is 0 Å². The summed E-state index contributed by atoms with van der Waals surface area (Å²) in [6.07, 6.45) is 4.88. The van der Waals surface area contributed by atoms with E-state index in [1.54, 1.807) is 12.5 Å². The number of aliphatic imine (C=N–C) groups is 1. The molecule has 6 heteroatoms. The Labute approximate surface area is 95.8 Å². The fourth-order valence-corrected chi connectivity index (χ4v) is 0.985. The second kappa shape index (κ2) is 6.06. The Bertz CT molecular complexity index is 549. The first-order chi connectivity index (χ1) is 8.11. The number of hydrogen-bond acceptors (Lipinski definition) is 4. The van der Waals surface area contributed by atoms with Crippen molar-refractivity contribution in [3.63, 3.8) is 0 Å². The smallest absolute Gasteiger partial charge is 0.414 e. The third kappa shape index (κ3) is 4.17. The minimum atomic E-state index is -1.82. The van der Waals surface area contributed by atoms with E-state index in [0.717, 1.165) is 10.4 Å². The maximum Gasteiger partial charge on any atom is 0.414 e. The van der Waals surface area contributed by atoms with Gasteiger partial charge in [-0.15, -0.1) is 0 Å². The number of nitrogens with zero attached hydrogens (tertiary/aromatic N) is 1. The molecule has 0 fully saturated rings. The maximum absolute atomic E-state index is 9.10. The van der Waals surface area contributed by atoms with Gasteiger partial charge in [-0.2, -0.15) is 0 Å². The molecule has 1 aliphatic rings. The van der Waals surface area contributed by atoms with Crippen LogP contribution in [0.2, 0.25) is 0 Å². The molecule has 0 aromatic heterocycles. The van der Waals surface area contributed by atoms with Gasteiger partial charge in [0.2, 0.25) is 0 Å². The minimum absolute atomic E-state index is 1.06. The van der Waals surface area contributed by atoms with Gasteiger partial charge in [0.05, 0.1) is 0 Å². The summed E-state index contributed by atoms with van der Waals surface area (Å²) in [4.78, 5) is 22.1. The van der Waals surface area contributed by atoms with Gasteiger partial charge in [0.15, 0.2) is 6.40 Å². The molecule has 2 N–H and O–H groups in total. The van der Waals surface area contributed by atoms with Crippen molar-refractivity contribution in [1.82, 2.24) is 0 Å². The normalized spacial score (nSPS) is 11.3. The van der Waals surface area contributed by atoms with Crippen molar-refractivity contribution in [1.29, 1.82) is 0 Å². The minimum Gasteiger partial charge on any atom is -0.473 e. The van der Waals surface area contributed by atoms with Gasteiger partial charge in [-0.1, -0.05) is 24.3 Å². The zero-order chi connectivity index (χ0) is 12.7. The van der Waals surface area contributed by atoms with Gasteiger partial charge < -0.3 is 14.9 Å². The van der Waals surface area contributed by atoms with Crippen LogP contribution < -0.4 is 10.4 Å². The SMILES string of the molecule is C1=NC=c2ccccc2=CO1.O=C(O)C(=O)O. The maximum atomic E-state index is 9.10. The van der Waals surface area contributed by atoms with Gasteiger partial charge >= 0.3 is 11.9 Å². The number of carboxylic acid groups (broad SMARTS) is 2. The summed E-state index contributed by atoms with van der Waals surface area (Å²) in [7, 11) is 0. The Morgan fingerprint density at radius 1 is 1.06 bits per heavy atom. The molecular weight excluding hydrogens is 226 g/mol. The fourth-order valence-electron chi connectivity index (χ4n) is 0.985. The lowest BCUT2D eigenvalue weighted by atomic mass is 10.2. The van der Waals surface area contributed by atoms with Crippen LogP contribution in [-0.4, -0.2) is 28.6 Å².